The summed E-state index contributed by atoms with van der Waals surface area (Å²) >= 11 is 0. The lowest BCUT2D eigenvalue weighted by molar-refractivity contribution is -0.189. The molecular weight excluding hydrogens is 275 g/mol. The first-order chi connectivity index (χ1) is 10.1. The zero-order chi connectivity index (χ0) is 14.9. The zero-order valence-corrected chi connectivity index (χ0v) is 12.1. The van der Waals surface area contributed by atoms with Crippen molar-refractivity contribution >= 4 is 0 Å². The molecule has 4 heteroatoms. The van der Waals surface area contributed by atoms with Crippen molar-refractivity contribution in [3.05, 3.63) is 35.4 Å². The Morgan fingerprint density at radius 2 is 1.90 bits per heavy atom. The van der Waals surface area contributed by atoms with E-state index < -0.39 is 18.1 Å². The van der Waals surface area contributed by atoms with Crippen molar-refractivity contribution in [2.45, 2.75) is 56.7 Å². The highest BCUT2D eigenvalue weighted by Gasteiger charge is 2.46. The van der Waals surface area contributed by atoms with E-state index in [2.05, 4.69) is 17.4 Å². The Bertz CT molecular complexity index is 483. The quantitative estimate of drug-likeness (QED) is 0.851. The second-order valence-electron chi connectivity index (χ2n) is 6.37. The lowest BCUT2D eigenvalue weighted by atomic mass is 9.76. The molecule has 0 spiro atoms. The summed E-state index contributed by atoms with van der Waals surface area (Å²) in [7, 11) is 0. The molecule has 1 fully saturated rings. The fraction of sp³-hybridized carbons (Fsp3) is 0.647. The SMILES string of the molecule is FC(F)(F)C1CCCNC1CC1CCCc2ccccc21. The largest absolute Gasteiger partial charge is 0.393 e. The summed E-state index contributed by atoms with van der Waals surface area (Å²) in [6, 6.07) is 7.84. The van der Waals surface area contributed by atoms with Gasteiger partial charge in [-0.3, -0.25) is 0 Å². The van der Waals surface area contributed by atoms with E-state index in [9.17, 15) is 13.2 Å². The molecule has 3 unspecified atom stereocenters. The third-order valence-electron chi connectivity index (χ3n) is 5.04. The third kappa shape index (κ3) is 3.25. The molecule has 1 saturated heterocycles. The molecule has 1 aromatic carbocycles. The Hall–Kier alpha value is -1.03. The Kier molecular flexibility index (Phi) is 4.25. The maximum absolute atomic E-state index is 13.2. The maximum Gasteiger partial charge on any atom is 0.393 e. The average molecular weight is 297 g/mol. The van der Waals surface area contributed by atoms with Crippen LogP contribution in [0.25, 0.3) is 0 Å². The van der Waals surface area contributed by atoms with E-state index in [0.717, 1.165) is 19.3 Å². The molecule has 0 saturated carbocycles. The zero-order valence-electron chi connectivity index (χ0n) is 12.1. The van der Waals surface area contributed by atoms with Crippen LogP contribution in [0.15, 0.2) is 24.3 Å². The van der Waals surface area contributed by atoms with Crippen LogP contribution in [0.3, 0.4) is 0 Å². The van der Waals surface area contributed by atoms with E-state index in [1.807, 2.05) is 12.1 Å². The molecule has 1 aliphatic carbocycles. The van der Waals surface area contributed by atoms with Crippen molar-refractivity contribution in [3.63, 3.8) is 0 Å². The molecule has 1 aromatic rings. The van der Waals surface area contributed by atoms with E-state index in [1.165, 1.54) is 11.1 Å². The molecule has 116 valence electrons. The number of fused-ring (bicyclic) bond motifs is 1. The number of benzene rings is 1. The lowest BCUT2D eigenvalue weighted by Crippen LogP contribution is -2.48. The van der Waals surface area contributed by atoms with Gasteiger partial charge in [-0.2, -0.15) is 13.2 Å². The highest BCUT2D eigenvalue weighted by atomic mass is 19.4. The van der Waals surface area contributed by atoms with Crippen molar-refractivity contribution in [1.82, 2.24) is 5.32 Å². The van der Waals surface area contributed by atoms with Gasteiger partial charge in [0.2, 0.25) is 0 Å². The Morgan fingerprint density at radius 3 is 2.71 bits per heavy atom. The fourth-order valence-corrected chi connectivity index (χ4v) is 4.00. The van der Waals surface area contributed by atoms with Crippen LogP contribution in [0.1, 0.15) is 49.1 Å². The van der Waals surface area contributed by atoms with Gasteiger partial charge in [0.25, 0.3) is 0 Å². The van der Waals surface area contributed by atoms with Crippen LogP contribution in [0, 0.1) is 5.92 Å². The van der Waals surface area contributed by atoms with Crippen molar-refractivity contribution in [3.8, 4) is 0 Å². The van der Waals surface area contributed by atoms with Gasteiger partial charge in [-0.05, 0) is 62.1 Å². The number of piperidine rings is 1. The Balaban J connectivity index is 1.77. The van der Waals surface area contributed by atoms with Gasteiger partial charge in [-0.15, -0.1) is 0 Å². The van der Waals surface area contributed by atoms with Crippen LogP contribution in [0.4, 0.5) is 13.2 Å². The van der Waals surface area contributed by atoms with E-state index in [0.29, 0.717) is 19.4 Å². The molecule has 0 amide bonds. The summed E-state index contributed by atoms with van der Waals surface area (Å²) in [5, 5.41) is 3.13. The van der Waals surface area contributed by atoms with Gasteiger partial charge in [0.1, 0.15) is 0 Å². The van der Waals surface area contributed by atoms with Crippen LogP contribution < -0.4 is 5.32 Å². The lowest BCUT2D eigenvalue weighted by Gasteiger charge is -2.37. The van der Waals surface area contributed by atoms with Gasteiger partial charge < -0.3 is 5.32 Å². The predicted octanol–water partition coefficient (Wildman–Crippen LogP) is 4.43. The van der Waals surface area contributed by atoms with E-state index in [4.69, 9.17) is 0 Å². The first-order valence-electron chi connectivity index (χ1n) is 7.93. The molecule has 3 atom stereocenters. The molecule has 1 nitrogen and oxygen atoms in total. The van der Waals surface area contributed by atoms with Crippen LogP contribution in [-0.4, -0.2) is 18.8 Å². The minimum absolute atomic E-state index is 0.273. The monoisotopic (exact) mass is 297 g/mol. The number of alkyl halides is 3. The Morgan fingerprint density at radius 1 is 1.10 bits per heavy atom. The van der Waals surface area contributed by atoms with Gasteiger partial charge in [-0.25, -0.2) is 0 Å². The molecule has 3 rings (SSSR count). The fourth-order valence-electron chi connectivity index (χ4n) is 4.00. The molecule has 1 aliphatic heterocycles. The van der Waals surface area contributed by atoms with Crippen LogP contribution in [-0.2, 0) is 6.42 Å². The molecule has 1 heterocycles. The highest BCUT2D eigenvalue weighted by molar-refractivity contribution is 5.32. The number of nitrogens with one attached hydrogen (secondary N) is 1. The second kappa shape index (κ2) is 5.99. The number of aryl methyl sites for hydroxylation is 1. The predicted molar refractivity (Wildman–Crippen MR) is 77.3 cm³/mol. The van der Waals surface area contributed by atoms with Gasteiger partial charge in [0.05, 0.1) is 5.92 Å². The van der Waals surface area contributed by atoms with Crippen LogP contribution >= 0.6 is 0 Å². The number of hydrogen-bond acceptors (Lipinski definition) is 1. The number of hydrogen-bond donors (Lipinski definition) is 1. The number of halogens is 3. The molecular formula is C17H22F3N. The standard InChI is InChI=1S/C17H22F3N/c18-17(19,20)15-9-4-10-21-16(15)11-13-7-3-6-12-5-1-2-8-14(12)13/h1-2,5,8,13,15-16,21H,3-4,6-7,9-11H2. The molecule has 0 radical (unpaired) electrons. The molecule has 1 N–H and O–H groups in total. The van der Waals surface area contributed by atoms with Crippen molar-refractivity contribution < 1.29 is 13.2 Å². The summed E-state index contributed by atoms with van der Waals surface area (Å²) < 4.78 is 39.6. The third-order valence-corrected chi connectivity index (χ3v) is 5.04. The van der Waals surface area contributed by atoms with E-state index in [1.54, 1.807) is 0 Å². The van der Waals surface area contributed by atoms with Crippen LogP contribution in [0.5, 0.6) is 0 Å². The minimum Gasteiger partial charge on any atom is -0.313 e. The van der Waals surface area contributed by atoms with Gasteiger partial charge in [-0.1, -0.05) is 24.3 Å². The minimum atomic E-state index is -4.08. The molecule has 0 bridgehead atoms. The summed E-state index contributed by atoms with van der Waals surface area (Å²) in [6.07, 6.45) is 0.600. The first-order valence-corrected chi connectivity index (χ1v) is 7.93. The first kappa shape index (κ1) is 14.9. The van der Waals surface area contributed by atoms with E-state index in [-0.39, 0.29) is 12.3 Å². The van der Waals surface area contributed by atoms with Crippen molar-refractivity contribution in [2.24, 2.45) is 5.92 Å². The Labute approximate surface area is 123 Å². The van der Waals surface area contributed by atoms with Crippen LogP contribution in [0.2, 0.25) is 0 Å². The van der Waals surface area contributed by atoms with Gasteiger partial charge >= 0.3 is 6.18 Å². The summed E-state index contributed by atoms with van der Waals surface area (Å²) in [5.41, 5.74) is 2.60. The summed E-state index contributed by atoms with van der Waals surface area (Å²) in [4.78, 5) is 0. The topological polar surface area (TPSA) is 12.0 Å². The van der Waals surface area contributed by atoms with Gasteiger partial charge in [0, 0.05) is 6.04 Å². The smallest absolute Gasteiger partial charge is 0.313 e. The molecule has 0 aromatic heterocycles. The molecule has 2 aliphatic rings. The van der Waals surface area contributed by atoms with Crippen molar-refractivity contribution in [1.29, 1.82) is 0 Å². The maximum atomic E-state index is 13.2. The summed E-state index contributed by atoms with van der Waals surface area (Å²) in [5.74, 6) is -0.907. The number of rotatable bonds is 2. The average Bonchev–Trinajstić information content (AvgIpc) is 2.47. The second-order valence-corrected chi connectivity index (χ2v) is 6.37. The highest BCUT2D eigenvalue weighted by Crippen LogP contribution is 2.41. The van der Waals surface area contributed by atoms with Crippen molar-refractivity contribution in [2.75, 3.05) is 6.54 Å². The van der Waals surface area contributed by atoms with E-state index >= 15 is 0 Å². The summed E-state index contributed by atoms with van der Waals surface area (Å²) in [6.45, 7) is 0.714. The normalized spacial score (nSPS) is 30.0. The van der Waals surface area contributed by atoms with Gasteiger partial charge in [0.15, 0.2) is 0 Å². The molecule has 21 heavy (non-hydrogen) atoms.